The summed E-state index contributed by atoms with van der Waals surface area (Å²) in [6.45, 7) is 3.62. The number of nitrogens with zero attached hydrogens (tertiary/aromatic N) is 1. The molecule has 1 aromatic heterocycles. The van der Waals surface area contributed by atoms with Crippen molar-refractivity contribution in [3.8, 4) is 5.88 Å². The van der Waals surface area contributed by atoms with Crippen LogP contribution in [0.3, 0.4) is 0 Å². The van der Waals surface area contributed by atoms with Gasteiger partial charge in [-0.1, -0.05) is 12.2 Å². The molecule has 0 amide bonds. The Bertz CT molecular complexity index is 461. The van der Waals surface area contributed by atoms with Crippen LogP contribution in [-0.4, -0.2) is 21.0 Å². The van der Waals surface area contributed by atoms with Gasteiger partial charge < -0.3 is 4.74 Å². The van der Waals surface area contributed by atoms with Crippen LogP contribution in [0.5, 0.6) is 5.88 Å². The van der Waals surface area contributed by atoms with Gasteiger partial charge in [-0.2, -0.15) is 0 Å². The molecule has 0 aliphatic rings. The molecule has 4 nitrogen and oxygen atoms in total. The number of aromatic nitrogens is 1. The van der Waals surface area contributed by atoms with Gasteiger partial charge in [0.25, 0.3) is 0 Å². The molecule has 6 heteroatoms. The zero-order chi connectivity index (χ0) is 13.1. The van der Waals surface area contributed by atoms with Gasteiger partial charge >= 0.3 is 0 Å². The molecule has 2 N–H and O–H groups in total. The van der Waals surface area contributed by atoms with Crippen molar-refractivity contribution < 1.29 is 8.95 Å². The van der Waals surface area contributed by atoms with Crippen molar-refractivity contribution in [1.82, 2.24) is 4.98 Å². The maximum atomic E-state index is 11.3. The minimum Gasteiger partial charge on any atom is -0.481 e. The number of nitrogens with two attached hydrogens (primary N) is 1. The zero-order valence-electron chi connectivity index (χ0n) is 9.94. The molecule has 0 saturated heterocycles. The maximum Gasteiger partial charge on any atom is 0.214 e. The van der Waals surface area contributed by atoms with Gasteiger partial charge in [0.1, 0.15) is 4.60 Å². The second-order valence-electron chi connectivity index (χ2n) is 3.97. The fourth-order valence-electron chi connectivity index (χ4n) is 1.02. The largest absolute Gasteiger partial charge is 0.481 e. The molecular formula is C11H15BrN2O2S. The fraction of sp³-hybridized carbons (Fsp3) is 0.364. The van der Waals surface area contributed by atoms with Gasteiger partial charge in [-0.05, 0) is 35.8 Å². The third-order valence-electron chi connectivity index (χ3n) is 2.24. The lowest BCUT2D eigenvalue weighted by Crippen LogP contribution is -2.29. The molecule has 0 aromatic carbocycles. The van der Waals surface area contributed by atoms with Crippen LogP contribution in [0.15, 0.2) is 22.8 Å². The van der Waals surface area contributed by atoms with E-state index >= 15 is 0 Å². The summed E-state index contributed by atoms with van der Waals surface area (Å²) in [5, 5.41) is 5.39. The number of hydrogen-bond acceptors (Lipinski definition) is 3. The lowest BCUT2D eigenvalue weighted by atomic mass is 10.1. The summed E-state index contributed by atoms with van der Waals surface area (Å²) in [5.41, 5.74) is 0.879. The molecule has 94 valence electrons. The molecule has 0 aliphatic carbocycles. The van der Waals surface area contributed by atoms with E-state index in [1.54, 1.807) is 19.3 Å². The Morgan fingerprint density at radius 1 is 1.53 bits per heavy atom. The standard InChI is InChI=1S/C11H15BrN2O2S/c1-11(2,17(13)15)7-6-8-4-5-9(16-3)14-10(8)12/h4-7H,13H2,1-3H3. The second-order valence-corrected chi connectivity index (χ2v) is 6.37. The molecule has 0 fully saturated rings. The van der Waals surface area contributed by atoms with E-state index in [9.17, 15) is 4.21 Å². The van der Waals surface area contributed by atoms with E-state index < -0.39 is 15.7 Å². The van der Waals surface area contributed by atoms with E-state index in [2.05, 4.69) is 20.9 Å². The minimum absolute atomic E-state index is 0.538. The molecular weight excluding hydrogens is 304 g/mol. The highest BCUT2D eigenvalue weighted by Gasteiger charge is 2.19. The Morgan fingerprint density at radius 3 is 2.65 bits per heavy atom. The number of pyridine rings is 1. The van der Waals surface area contributed by atoms with Gasteiger partial charge in [-0.3, -0.25) is 5.14 Å². The maximum absolute atomic E-state index is 11.3. The van der Waals surface area contributed by atoms with Gasteiger partial charge in [-0.15, -0.1) is 0 Å². The van der Waals surface area contributed by atoms with Crippen LogP contribution in [0, 0.1) is 0 Å². The van der Waals surface area contributed by atoms with Crippen molar-refractivity contribution in [2.45, 2.75) is 18.6 Å². The van der Waals surface area contributed by atoms with Crippen molar-refractivity contribution in [1.29, 1.82) is 0 Å². The molecule has 1 unspecified atom stereocenters. The van der Waals surface area contributed by atoms with Gasteiger partial charge in [0.05, 0.1) is 22.8 Å². The summed E-state index contributed by atoms with van der Waals surface area (Å²) in [6.07, 6.45) is 3.64. The summed E-state index contributed by atoms with van der Waals surface area (Å²) in [6, 6.07) is 3.62. The van der Waals surface area contributed by atoms with Crippen LogP contribution in [0.25, 0.3) is 6.08 Å². The molecule has 0 bridgehead atoms. The molecule has 1 heterocycles. The smallest absolute Gasteiger partial charge is 0.214 e. The summed E-state index contributed by atoms with van der Waals surface area (Å²) in [4.78, 5) is 4.17. The predicted octanol–water partition coefficient (Wildman–Crippen LogP) is 2.27. The van der Waals surface area contributed by atoms with Gasteiger partial charge in [0.15, 0.2) is 0 Å². The summed E-state index contributed by atoms with van der Waals surface area (Å²) >= 11 is 3.34. The minimum atomic E-state index is -1.41. The van der Waals surface area contributed by atoms with Crippen LogP contribution < -0.4 is 9.88 Å². The number of hydrogen-bond donors (Lipinski definition) is 1. The molecule has 1 aromatic rings. The Labute approximate surface area is 112 Å². The number of halogens is 1. The first kappa shape index (κ1) is 14.3. The van der Waals surface area contributed by atoms with Gasteiger partial charge in [-0.25, -0.2) is 9.19 Å². The molecule has 17 heavy (non-hydrogen) atoms. The van der Waals surface area contributed by atoms with Crippen LogP contribution in [0.1, 0.15) is 19.4 Å². The normalized spacial score (nSPS) is 13.9. The molecule has 0 spiro atoms. The van der Waals surface area contributed by atoms with Crippen LogP contribution in [0.2, 0.25) is 0 Å². The summed E-state index contributed by atoms with van der Waals surface area (Å²) < 4.78 is 16.4. The third kappa shape index (κ3) is 3.90. The van der Waals surface area contributed by atoms with Crippen LogP contribution in [-0.2, 0) is 11.0 Å². The van der Waals surface area contributed by atoms with Crippen molar-refractivity contribution >= 4 is 33.0 Å². The second kappa shape index (κ2) is 5.75. The summed E-state index contributed by atoms with van der Waals surface area (Å²) in [5.74, 6) is 0.538. The molecule has 1 rings (SSSR count). The first-order valence-electron chi connectivity index (χ1n) is 4.93. The van der Waals surface area contributed by atoms with Gasteiger partial charge in [0, 0.05) is 11.6 Å². The SMILES string of the molecule is COc1ccc(C=CC(C)(C)S(N)=O)c(Br)n1. The Morgan fingerprint density at radius 2 is 2.18 bits per heavy atom. The quantitative estimate of drug-likeness (QED) is 0.866. The number of rotatable bonds is 4. The van der Waals surface area contributed by atoms with Crippen molar-refractivity contribution in [2.75, 3.05) is 7.11 Å². The van der Waals surface area contributed by atoms with Crippen LogP contribution >= 0.6 is 15.9 Å². The van der Waals surface area contributed by atoms with E-state index in [1.807, 2.05) is 26.0 Å². The number of methoxy groups -OCH3 is 1. The Hall–Kier alpha value is -0.720. The first-order chi connectivity index (χ1) is 7.86. The van der Waals surface area contributed by atoms with E-state index in [-0.39, 0.29) is 0 Å². The van der Waals surface area contributed by atoms with E-state index in [0.29, 0.717) is 10.5 Å². The average molecular weight is 319 g/mol. The topological polar surface area (TPSA) is 65.2 Å². The fourth-order valence-corrected chi connectivity index (χ4v) is 1.67. The average Bonchev–Trinajstić information content (AvgIpc) is 2.27. The molecule has 1 atom stereocenters. The third-order valence-corrected chi connectivity index (χ3v) is 4.05. The Kier molecular flexibility index (Phi) is 4.85. The van der Waals surface area contributed by atoms with E-state index in [4.69, 9.17) is 9.88 Å². The molecule has 0 radical (unpaired) electrons. The zero-order valence-corrected chi connectivity index (χ0v) is 12.3. The van der Waals surface area contributed by atoms with Crippen LogP contribution in [0.4, 0.5) is 0 Å². The molecule has 0 aliphatic heterocycles. The van der Waals surface area contributed by atoms with E-state index in [1.165, 1.54) is 0 Å². The molecule has 0 saturated carbocycles. The monoisotopic (exact) mass is 318 g/mol. The number of ether oxygens (including phenoxy) is 1. The van der Waals surface area contributed by atoms with E-state index in [0.717, 1.165) is 5.56 Å². The van der Waals surface area contributed by atoms with Gasteiger partial charge in [0.2, 0.25) is 5.88 Å². The highest BCUT2D eigenvalue weighted by molar-refractivity contribution is 9.10. The Balaban J connectivity index is 2.96. The highest BCUT2D eigenvalue weighted by atomic mass is 79.9. The van der Waals surface area contributed by atoms with Crippen molar-refractivity contribution in [3.63, 3.8) is 0 Å². The van der Waals surface area contributed by atoms with Crippen molar-refractivity contribution in [2.24, 2.45) is 5.14 Å². The lowest BCUT2D eigenvalue weighted by molar-refractivity contribution is 0.397. The van der Waals surface area contributed by atoms with Crippen molar-refractivity contribution in [3.05, 3.63) is 28.4 Å². The highest BCUT2D eigenvalue weighted by Crippen LogP contribution is 2.21. The summed E-state index contributed by atoms with van der Waals surface area (Å²) in [7, 11) is 0.151. The predicted molar refractivity (Wildman–Crippen MR) is 73.9 cm³/mol. The lowest BCUT2D eigenvalue weighted by Gasteiger charge is -2.15. The first-order valence-corrected chi connectivity index (χ1v) is 6.93.